The molecule has 1 fully saturated rings. The van der Waals surface area contributed by atoms with Crippen molar-refractivity contribution in [3.63, 3.8) is 0 Å². The lowest BCUT2D eigenvalue weighted by Gasteiger charge is -2.36. The Morgan fingerprint density at radius 2 is 1.88 bits per heavy atom. The van der Waals surface area contributed by atoms with Crippen LogP contribution in [0.5, 0.6) is 0 Å². The molecular formula is C19H27ClN2O2. The predicted octanol–water partition coefficient (Wildman–Crippen LogP) is 3.89. The van der Waals surface area contributed by atoms with Gasteiger partial charge in [-0.05, 0) is 49.4 Å². The van der Waals surface area contributed by atoms with Gasteiger partial charge in [0.05, 0.1) is 0 Å². The topological polar surface area (TPSA) is 49.4 Å². The van der Waals surface area contributed by atoms with Gasteiger partial charge in [0.15, 0.2) is 0 Å². The van der Waals surface area contributed by atoms with Gasteiger partial charge in [0.1, 0.15) is 0 Å². The Morgan fingerprint density at radius 3 is 2.54 bits per heavy atom. The molecule has 1 aliphatic rings. The van der Waals surface area contributed by atoms with Gasteiger partial charge in [-0.2, -0.15) is 0 Å². The molecule has 0 heterocycles. The van der Waals surface area contributed by atoms with Gasteiger partial charge < -0.3 is 10.2 Å². The van der Waals surface area contributed by atoms with Gasteiger partial charge in [-0.1, -0.05) is 31.4 Å². The lowest BCUT2D eigenvalue weighted by atomic mass is 9.85. The maximum absolute atomic E-state index is 12.3. The second-order valence-electron chi connectivity index (χ2n) is 6.70. The van der Waals surface area contributed by atoms with Gasteiger partial charge in [0.2, 0.25) is 5.91 Å². The zero-order chi connectivity index (χ0) is 17.5. The highest BCUT2D eigenvalue weighted by atomic mass is 35.5. The van der Waals surface area contributed by atoms with Gasteiger partial charge in [-0.3, -0.25) is 9.59 Å². The quantitative estimate of drug-likeness (QED) is 0.791. The van der Waals surface area contributed by atoms with Crippen molar-refractivity contribution < 1.29 is 9.59 Å². The molecule has 5 heteroatoms. The van der Waals surface area contributed by atoms with E-state index in [0.717, 1.165) is 6.42 Å². The Labute approximate surface area is 149 Å². The van der Waals surface area contributed by atoms with Crippen LogP contribution in [0.3, 0.4) is 0 Å². The molecule has 0 aromatic heterocycles. The van der Waals surface area contributed by atoms with Crippen molar-refractivity contribution >= 4 is 23.4 Å². The largest absolute Gasteiger partial charge is 0.352 e. The summed E-state index contributed by atoms with van der Waals surface area (Å²) in [6.07, 6.45) is 5.93. The molecular weight excluding hydrogens is 324 g/mol. The number of nitrogens with zero attached hydrogens (tertiary/aromatic N) is 1. The maximum Gasteiger partial charge on any atom is 0.251 e. The first-order valence-electron chi connectivity index (χ1n) is 8.78. The minimum atomic E-state index is -0.131. The molecule has 2 rings (SSSR count). The van der Waals surface area contributed by atoms with Crippen LogP contribution >= 0.6 is 11.6 Å². The van der Waals surface area contributed by atoms with Crippen molar-refractivity contribution in [1.29, 1.82) is 0 Å². The third-order valence-corrected chi connectivity index (χ3v) is 5.17. The second-order valence-corrected chi connectivity index (χ2v) is 7.14. The first kappa shape index (κ1) is 18.8. The molecule has 1 aromatic rings. The number of halogens is 1. The Hall–Kier alpha value is -1.55. The molecule has 1 aliphatic carbocycles. The van der Waals surface area contributed by atoms with Gasteiger partial charge in [0.25, 0.3) is 5.91 Å². The summed E-state index contributed by atoms with van der Waals surface area (Å²) in [7, 11) is 1.92. The molecule has 1 N–H and O–H groups in total. The second kappa shape index (κ2) is 9.07. The van der Waals surface area contributed by atoms with Crippen LogP contribution in [-0.4, -0.2) is 36.3 Å². The first-order valence-corrected chi connectivity index (χ1v) is 9.16. The number of nitrogens with one attached hydrogen (secondary N) is 1. The number of rotatable bonds is 6. The van der Waals surface area contributed by atoms with E-state index in [1.165, 1.54) is 19.3 Å². The maximum atomic E-state index is 12.3. The predicted molar refractivity (Wildman–Crippen MR) is 97.2 cm³/mol. The van der Waals surface area contributed by atoms with E-state index < -0.39 is 0 Å². The number of benzene rings is 1. The van der Waals surface area contributed by atoms with Gasteiger partial charge >= 0.3 is 0 Å². The summed E-state index contributed by atoms with van der Waals surface area (Å²) in [6, 6.07) is 7.15. The molecule has 24 heavy (non-hydrogen) atoms. The summed E-state index contributed by atoms with van der Waals surface area (Å²) in [5.74, 6) is 0.625. The van der Waals surface area contributed by atoms with Crippen molar-refractivity contribution in [3.8, 4) is 0 Å². The number of hydrogen-bond acceptors (Lipinski definition) is 2. The number of carbonyl (C=O) groups is 2. The van der Waals surface area contributed by atoms with E-state index in [1.54, 1.807) is 24.3 Å². The van der Waals surface area contributed by atoms with E-state index >= 15 is 0 Å². The third-order valence-electron chi connectivity index (χ3n) is 4.92. The highest BCUT2D eigenvalue weighted by Gasteiger charge is 2.27. The standard InChI is InChI=1S/C19H27ClN2O2/c1-14-6-3-4-7-17(14)22(2)18(23)8-5-13-21-19(24)15-9-11-16(20)12-10-15/h9-12,14,17H,3-8,13H2,1-2H3,(H,21,24). The van der Waals surface area contributed by atoms with Crippen LogP contribution in [-0.2, 0) is 4.79 Å². The van der Waals surface area contributed by atoms with Crippen LogP contribution < -0.4 is 5.32 Å². The Morgan fingerprint density at radius 1 is 1.21 bits per heavy atom. The lowest BCUT2D eigenvalue weighted by Crippen LogP contribution is -2.42. The molecule has 0 radical (unpaired) electrons. The van der Waals surface area contributed by atoms with E-state index in [-0.39, 0.29) is 11.8 Å². The molecule has 2 atom stereocenters. The van der Waals surface area contributed by atoms with E-state index in [9.17, 15) is 9.59 Å². The van der Waals surface area contributed by atoms with Crippen molar-refractivity contribution in [2.45, 2.75) is 51.5 Å². The molecule has 4 nitrogen and oxygen atoms in total. The summed E-state index contributed by atoms with van der Waals surface area (Å²) in [4.78, 5) is 26.2. The molecule has 1 aromatic carbocycles. The van der Waals surface area contributed by atoms with Crippen LogP contribution in [0.15, 0.2) is 24.3 Å². The average molecular weight is 351 g/mol. The fourth-order valence-corrected chi connectivity index (χ4v) is 3.50. The van der Waals surface area contributed by atoms with E-state index in [1.807, 2.05) is 11.9 Å². The molecule has 0 bridgehead atoms. The Balaban J connectivity index is 1.70. The Bertz CT molecular complexity index is 559. The highest BCUT2D eigenvalue weighted by molar-refractivity contribution is 6.30. The number of carbonyl (C=O) groups excluding carboxylic acids is 2. The van der Waals surface area contributed by atoms with E-state index in [0.29, 0.717) is 41.9 Å². The van der Waals surface area contributed by atoms with Crippen LogP contribution in [0.1, 0.15) is 55.8 Å². The summed E-state index contributed by atoms with van der Waals surface area (Å²) in [5.41, 5.74) is 0.582. The third kappa shape index (κ3) is 5.23. The molecule has 1 saturated carbocycles. The van der Waals surface area contributed by atoms with Crippen LogP contribution in [0.2, 0.25) is 5.02 Å². The van der Waals surface area contributed by atoms with Crippen molar-refractivity contribution in [2.75, 3.05) is 13.6 Å². The SMILES string of the molecule is CC1CCCCC1N(C)C(=O)CCCNC(=O)c1ccc(Cl)cc1. The zero-order valence-corrected chi connectivity index (χ0v) is 15.3. The van der Waals surface area contributed by atoms with Crippen LogP contribution in [0.4, 0.5) is 0 Å². The summed E-state index contributed by atoms with van der Waals surface area (Å²) >= 11 is 5.81. The van der Waals surface area contributed by atoms with E-state index in [2.05, 4.69) is 12.2 Å². The average Bonchev–Trinajstić information content (AvgIpc) is 2.58. The van der Waals surface area contributed by atoms with Gasteiger partial charge in [0, 0.05) is 36.6 Å². The molecule has 2 amide bonds. The van der Waals surface area contributed by atoms with Crippen molar-refractivity contribution in [2.24, 2.45) is 5.92 Å². The summed E-state index contributed by atoms with van der Waals surface area (Å²) < 4.78 is 0. The zero-order valence-electron chi connectivity index (χ0n) is 14.6. The fraction of sp³-hybridized carbons (Fsp3) is 0.579. The molecule has 132 valence electrons. The van der Waals surface area contributed by atoms with Crippen molar-refractivity contribution in [3.05, 3.63) is 34.9 Å². The minimum Gasteiger partial charge on any atom is -0.352 e. The molecule has 2 unspecified atom stereocenters. The van der Waals surface area contributed by atoms with Crippen LogP contribution in [0.25, 0.3) is 0 Å². The summed E-state index contributed by atoms with van der Waals surface area (Å²) in [5, 5.41) is 3.46. The highest BCUT2D eigenvalue weighted by Crippen LogP contribution is 2.27. The van der Waals surface area contributed by atoms with Gasteiger partial charge in [-0.15, -0.1) is 0 Å². The number of hydrogen-bond donors (Lipinski definition) is 1. The Kier molecular flexibility index (Phi) is 7.10. The minimum absolute atomic E-state index is 0.131. The molecule has 0 spiro atoms. The summed E-state index contributed by atoms with van der Waals surface area (Å²) in [6.45, 7) is 2.74. The van der Waals surface area contributed by atoms with E-state index in [4.69, 9.17) is 11.6 Å². The normalized spacial score (nSPS) is 20.5. The monoisotopic (exact) mass is 350 g/mol. The molecule has 0 aliphatic heterocycles. The molecule has 0 saturated heterocycles. The fourth-order valence-electron chi connectivity index (χ4n) is 3.38. The van der Waals surface area contributed by atoms with Crippen LogP contribution in [0, 0.1) is 5.92 Å². The smallest absolute Gasteiger partial charge is 0.251 e. The van der Waals surface area contributed by atoms with Gasteiger partial charge in [-0.25, -0.2) is 0 Å². The number of amides is 2. The van der Waals surface area contributed by atoms with Crippen molar-refractivity contribution in [1.82, 2.24) is 10.2 Å². The lowest BCUT2D eigenvalue weighted by molar-refractivity contribution is -0.133. The first-order chi connectivity index (χ1) is 11.5.